The van der Waals surface area contributed by atoms with Crippen molar-refractivity contribution in [1.29, 1.82) is 0 Å². The van der Waals surface area contributed by atoms with Crippen molar-refractivity contribution in [3.05, 3.63) is 415 Å². The van der Waals surface area contributed by atoms with E-state index in [1.54, 1.807) is 0 Å². The van der Waals surface area contributed by atoms with E-state index in [0.29, 0.717) is 0 Å². The quantitative estimate of drug-likeness (QED) is 0.133. The third kappa shape index (κ3) is 44.0. The number of benzene rings is 12. The molecule has 0 saturated heterocycles. The summed E-state index contributed by atoms with van der Waals surface area (Å²) < 4.78 is 0. The first-order chi connectivity index (χ1) is 46.5. The second-order valence-electron chi connectivity index (χ2n) is 28.9. The maximum Gasteiger partial charge on any atom is 0 e. The molecule has 0 aromatic heterocycles. The van der Waals surface area contributed by atoms with Crippen molar-refractivity contribution in [1.82, 2.24) is 0 Å². The molecule has 0 atom stereocenters. The Morgan fingerprint density at radius 1 is 0.136 bits per heavy atom. The first-order valence-corrected chi connectivity index (χ1v) is 35.9. The van der Waals surface area contributed by atoms with Gasteiger partial charge in [0.1, 0.15) is 0 Å². The van der Waals surface area contributed by atoms with Gasteiger partial charge in [0.25, 0.3) is 0 Å². The normalized spacial score (nSPS) is 9.52. The Bertz CT molecular complexity index is 4880. The van der Waals surface area contributed by atoms with Crippen molar-refractivity contribution in [3.8, 4) is 89.0 Å². The minimum absolute atomic E-state index is 0. The van der Waals surface area contributed by atoms with Crippen molar-refractivity contribution in [2.24, 2.45) is 0 Å². The van der Waals surface area contributed by atoms with Gasteiger partial charge in [0, 0.05) is 785 Å². The molecule has 0 saturated carbocycles. The summed E-state index contributed by atoms with van der Waals surface area (Å²) in [5, 5.41) is 0. The van der Waals surface area contributed by atoms with Crippen LogP contribution in [0.25, 0.3) is 89.0 Å². The van der Waals surface area contributed by atoms with Crippen molar-refractivity contribution in [2.45, 2.75) is 162 Å². The molecule has 8 aliphatic rings. The van der Waals surface area contributed by atoms with Gasteiger partial charge in [0.2, 0.25) is 0 Å². The van der Waals surface area contributed by atoms with E-state index in [0.717, 1.165) is 51.4 Å². The molecule has 644 valence electrons. The van der Waals surface area contributed by atoms with Gasteiger partial charge in [-0.2, -0.15) is 0 Å². The summed E-state index contributed by atoms with van der Waals surface area (Å²) in [4.78, 5) is 0. The van der Waals surface area contributed by atoms with E-state index in [2.05, 4.69) is 253 Å². The summed E-state index contributed by atoms with van der Waals surface area (Å²) in [6, 6.07) is 65.2. The molecule has 0 heterocycles. The van der Waals surface area contributed by atoms with Crippen LogP contribution in [-0.4, -0.2) is 0 Å². The van der Waals surface area contributed by atoms with Crippen molar-refractivity contribution < 1.29 is 785 Å². The van der Waals surface area contributed by atoms with Gasteiger partial charge in [-0.1, -0.05) is 231 Å². The molecular formula is C108H128Y24-12. The second kappa shape index (κ2) is 93.6. The summed E-state index contributed by atoms with van der Waals surface area (Å²) in [6.45, 7) is 34.8. The average molecular weight is 3560 g/mol. The molecule has 0 amide bonds. The monoisotopic (exact) mass is 3560 g/mol. The van der Waals surface area contributed by atoms with Crippen LogP contribution in [0.15, 0.2) is 170 Å². The van der Waals surface area contributed by atoms with Crippen LogP contribution in [0.2, 0.25) is 0 Å². The zero-order valence-corrected chi connectivity index (χ0v) is 154. The molecule has 20 rings (SSSR count). The summed E-state index contributed by atoms with van der Waals surface area (Å²) in [5.74, 6) is 0. The third-order valence-electron chi connectivity index (χ3n) is 22.5. The summed E-state index contributed by atoms with van der Waals surface area (Å²) in [5.41, 5.74) is 64.7. The van der Waals surface area contributed by atoms with Crippen molar-refractivity contribution in [3.63, 3.8) is 0 Å². The van der Waals surface area contributed by atoms with Crippen LogP contribution in [0.4, 0.5) is 0 Å². The van der Waals surface area contributed by atoms with E-state index in [9.17, 15) is 0 Å². The number of rotatable bonds is 0. The molecule has 132 heavy (non-hydrogen) atoms. The standard InChI is InChI=1S/4C23H20.2C2H6.12CH3.24Y/c2*1-13-4-5-16-11-17-6-7-18-12-19-15(3)8-14(2)10-21(19)23(18)22(17)20(16)9-13;2*1-13-9-15(3)20-12-17-8-7-16-11-19-14(2)5-4-6-18(19)22(16)23(17)21(20)10-13;2*1-2;;;;;;;;;;;;;;;;;;;;;;;;;;;;;;;;;;;;/h4*4-10H,11-12H2,1-3H3;2*1-2H3;12*1H3;;;;;;;;;;;;;;;;;;;;;;;;/q;;;;;;12*-1;;;;;;;;;;;;;;;;;;;;;;;;. The Balaban J connectivity index is -0.0000000553. The molecule has 24 radical (unpaired) electrons. The topological polar surface area (TPSA) is 0 Å². The molecular weight excluding hydrogens is 3430 g/mol. The average Bonchev–Trinajstić information content (AvgIpc) is 1.58. The van der Waals surface area contributed by atoms with E-state index in [1.807, 2.05) is 27.7 Å². The van der Waals surface area contributed by atoms with Gasteiger partial charge >= 0.3 is 0 Å². The predicted octanol–water partition coefficient (Wildman–Crippen LogP) is 30.4. The Kier molecular flexibility index (Phi) is 144. The molecule has 0 spiro atoms. The number of hydrogen-bond acceptors (Lipinski definition) is 0. The molecule has 0 unspecified atom stereocenters. The van der Waals surface area contributed by atoms with Crippen LogP contribution in [0.1, 0.15) is 183 Å². The van der Waals surface area contributed by atoms with Crippen molar-refractivity contribution in [2.75, 3.05) is 0 Å². The van der Waals surface area contributed by atoms with E-state index in [-0.39, 0.29) is 874 Å². The van der Waals surface area contributed by atoms with Gasteiger partial charge in [-0.3, -0.25) is 0 Å². The van der Waals surface area contributed by atoms with Crippen LogP contribution >= 0.6 is 0 Å². The summed E-state index contributed by atoms with van der Waals surface area (Å²) in [7, 11) is 0. The molecule has 8 aliphatic carbocycles. The smallest absolute Gasteiger partial charge is 0 e. The number of fused-ring (bicyclic) bond motifs is 28. The Morgan fingerprint density at radius 2 is 0.288 bits per heavy atom. The third-order valence-corrected chi connectivity index (χ3v) is 22.5. The number of hydrogen-bond donors (Lipinski definition) is 0. The van der Waals surface area contributed by atoms with Crippen LogP contribution in [0, 0.1) is 172 Å². The fourth-order valence-corrected chi connectivity index (χ4v) is 18.3. The fourth-order valence-electron chi connectivity index (χ4n) is 18.3. The molecule has 0 N–H and O–H groups in total. The Labute approximate surface area is 1410 Å². The molecule has 0 aliphatic heterocycles. The summed E-state index contributed by atoms with van der Waals surface area (Å²) >= 11 is 0. The van der Waals surface area contributed by atoms with Gasteiger partial charge in [0.05, 0.1) is 0 Å². The predicted molar refractivity (Wildman–Crippen MR) is 488 cm³/mol. The maximum absolute atomic E-state index is 2.39. The molecule has 0 fully saturated rings. The summed E-state index contributed by atoms with van der Waals surface area (Å²) in [6.07, 6.45) is 8.69. The Hall–Kier alpha value is 17.1. The molecule has 12 aromatic carbocycles. The Morgan fingerprint density at radius 3 is 0.485 bits per heavy atom. The van der Waals surface area contributed by atoms with E-state index < -0.39 is 0 Å². The van der Waals surface area contributed by atoms with E-state index in [4.69, 9.17) is 0 Å². The largest absolute Gasteiger partial charge is 0.358 e. The first-order valence-electron chi connectivity index (χ1n) is 35.9. The van der Waals surface area contributed by atoms with E-state index >= 15 is 0 Å². The second-order valence-corrected chi connectivity index (χ2v) is 28.9. The van der Waals surface area contributed by atoms with Crippen LogP contribution in [-0.2, 0) is 836 Å². The molecule has 0 nitrogen and oxygen atoms in total. The SMILES string of the molecule is CC.CC.Cc1cc(C)c2c(c1)-c1c(ccc3c1-c1cccc(C)c1C3)C2.Cc1cc(C)c2c(c1)-c1c(ccc3c1-c1cccc(C)c1C3)C2.Cc1ccc2c(c1)-c1c(ccc3c1-c1cc(C)cc(C)c1C3)C2.Cc1ccc2c(c1)-c1c(ccc3c1-c1cc(C)cc(C)c1C3)C2.[CH3-].[CH3-].[CH3-].[CH3-].[CH3-].[CH3-].[CH3-].[CH3-].[CH3-].[CH3-].[CH3-].[CH3-].[Y].[Y].[Y].[Y].[Y].[Y].[Y].[Y].[Y].[Y].[Y].[Y].[Y].[Y].[Y].[Y].[Y].[Y].[Y].[Y].[Y].[Y].[Y].[Y]. The van der Waals surface area contributed by atoms with Crippen LogP contribution in [0.3, 0.4) is 0 Å². The molecule has 0 bridgehead atoms. The zero-order chi connectivity index (χ0) is 66.9. The minimum Gasteiger partial charge on any atom is -0.358 e. The molecule has 24 heteroatoms. The minimum atomic E-state index is 0. The number of aryl methyl sites for hydroxylation is 12. The molecule has 12 aromatic rings. The van der Waals surface area contributed by atoms with Gasteiger partial charge in [0.15, 0.2) is 0 Å². The first kappa shape index (κ1) is 202. The maximum atomic E-state index is 2.39. The van der Waals surface area contributed by atoms with Crippen LogP contribution in [0.5, 0.6) is 0 Å². The van der Waals surface area contributed by atoms with Gasteiger partial charge in [-0.05, 0) is 346 Å². The van der Waals surface area contributed by atoms with Gasteiger partial charge in [-0.15, -0.1) is 0 Å². The van der Waals surface area contributed by atoms with Gasteiger partial charge in [-0.25, -0.2) is 0 Å². The van der Waals surface area contributed by atoms with Crippen molar-refractivity contribution >= 4 is 0 Å². The van der Waals surface area contributed by atoms with E-state index in [1.165, 1.54) is 245 Å². The fraction of sp³-hybridized carbons (Fsp3) is 0.222. The van der Waals surface area contributed by atoms with Crippen LogP contribution < -0.4 is 0 Å². The zero-order valence-electron chi connectivity index (χ0n) is 85.7. The van der Waals surface area contributed by atoms with Gasteiger partial charge < -0.3 is 89.1 Å².